The summed E-state index contributed by atoms with van der Waals surface area (Å²) in [6, 6.07) is 7.46. The molecule has 0 radical (unpaired) electrons. The van der Waals surface area contributed by atoms with E-state index in [0.717, 1.165) is 11.3 Å². The highest BCUT2D eigenvalue weighted by molar-refractivity contribution is 5.89. The first-order valence-electron chi connectivity index (χ1n) is 6.34. The van der Waals surface area contributed by atoms with Crippen LogP contribution >= 0.6 is 0 Å². The Kier molecular flexibility index (Phi) is 4.04. The molecule has 0 spiro atoms. The summed E-state index contributed by atoms with van der Waals surface area (Å²) >= 11 is 0. The maximum Gasteiger partial charge on any atom is 0.307 e. The summed E-state index contributed by atoms with van der Waals surface area (Å²) in [6.45, 7) is 2.95. The average molecular weight is 263 g/mol. The van der Waals surface area contributed by atoms with Gasteiger partial charge in [-0.15, -0.1) is 0 Å². The summed E-state index contributed by atoms with van der Waals surface area (Å²) < 4.78 is 5.32. The number of ether oxygens (including phenoxy) is 1. The van der Waals surface area contributed by atoms with Crippen molar-refractivity contribution in [1.82, 2.24) is 5.32 Å². The minimum atomic E-state index is -0.888. The Morgan fingerprint density at radius 1 is 1.32 bits per heavy atom. The number of hydrogen-bond donors (Lipinski definition) is 2. The van der Waals surface area contributed by atoms with Crippen LogP contribution in [0.1, 0.15) is 18.9 Å². The zero-order valence-corrected chi connectivity index (χ0v) is 10.8. The van der Waals surface area contributed by atoms with Gasteiger partial charge in [0.15, 0.2) is 0 Å². The van der Waals surface area contributed by atoms with Crippen LogP contribution in [0.4, 0.5) is 0 Å². The van der Waals surface area contributed by atoms with Gasteiger partial charge in [0.1, 0.15) is 5.75 Å². The lowest BCUT2D eigenvalue weighted by atomic mass is 10.2. The lowest BCUT2D eigenvalue weighted by Gasteiger charge is -2.06. The average Bonchev–Trinajstić information content (AvgIpc) is 3.18. The van der Waals surface area contributed by atoms with E-state index in [2.05, 4.69) is 5.32 Å². The van der Waals surface area contributed by atoms with Crippen LogP contribution in [0.15, 0.2) is 24.3 Å². The third kappa shape index (κ3) is 3.47. The van der Waals surface area contributed by atoms with Gasteiger partial charge in [-0.2, -0.15) is 0 Å². The molecule has 1 aromatic carbocycles. The maximum atomic E-state index is 11.7. The molecule has 5 nitrogen and oxygen atoms in total. The van der Waals surface area contributed by atoms with Gasteiger partial charge in [0.2, 0.25) is 5.91 Å². The molecule has 0 aliphatic heterocycles. The third-order valence-corrected chi connectivity index (χ3v) is 3.15. The molecule has 2 N–H and O–H groups in total. The number of carboxylic acids is 1. The summed E-state index contributed by atoms with van der Waals surface area (Å²) in [6.07, 6.45) is 0.449. The number of rotatable bonds is 6. The number of carbonyl (C=O) groups is 2. The number of carbonyl (C=O) groups excluding carboxylic acids is 1. The van der Waals surface area contributed by atoms with Crippen LogP contribution < -0.4 is 10.1 Å². The molecule has 1 saturated carbocycles. The first-order chi connectivity index (χ1) is 9.11. The van der Waals surface area contributed by atoms with Crippen LogP contribution in [0, 0.1) is 11.8 Å². The molecule has 1 aliphatic rings. The van der Waals surface area contributed by atoms with Crippen molar-refractivity contribution in [2.75, 3.05) is 6.61 Å². The van der Waals surface area contributed by atoms with Crippen LogP contribution in [-0.4, -0.2) is 23.6 Å². The highest BCUT2D eigenvalue weighted by atomic mass is 16.5. The lowest BCUT2D eigenvalue weighted by Crippen LogP contribution is -2.25. The van der Waals surface area contributed by atoms with Crippen molar-refractivity contribution in [2.24, 2.45) is 11.8 Å². The van der Waals surface area contributed by atoms with Crippen molar-refractivity contribution in [3.8, 4) is 5.75 Å². The van der Waals surface area contributed by atoms with Gasteiger partial charge in [0.05, 0.1) is 18.4 Å². The Hall–Kier alpha value is -2.04. The van der Waals surface area contributed by atoms with Crippen LogP contribution in [0.25, 0.3) is 0 Å². The van der Waals surface area contributed by atoms with Crippen molar-refractivity contribution in [1.29, 1.82) is 0 Å². The van der Waals surface area contributed by atoms with Crippen LogP contribution in [0.2, 0.25) is 0 Å². The van der Waals surface area contributed by atoms with E-state index in [9.17, 15) is 9.59 Å². The predicted octanol–water partition coefficient (Wildman–Crippen LogP) is 1.42. The molecule has 1 fully saturated rings. The van der Waals surface area contributed by atoms with Gasteiger partial charge in [-0.05, 0) is 31.0 Å². The fraction of sp³-hybridized carbons (Fsp3) is 0.429. The van der Waals surface area contributed by atoms with Gasteiger partial charge in [0, 0.05) is 6.54 Å². The van der Waals surface area contributed by atoms with E-state index < -0.39 is 11.9 Å². The second kappa shape index (κ2) is 5.73. The Labute approximate surface area is 111 Å². The van der Waals surface area contributed by atoms with Gasteiger partial charge in [-0.1, -0.05) is 12.1 Å². The number of hydrogen-bond acceptors (Lipinski definition) is 3. The third-order valence-electron chi connectivity index (χ3n) is 3.15. The van der Waals surface area contributed by atoms with Crippen molar-refractivity contribution in [3.63, 3.8) is 0 Å². The second-order valence-corrected chi connectivity index (χ2v) is 4.58. The fourth-order valence-electron chi connectivity index (χ4n) is 1.95. The quantitative estimate of drug-likeness (QED) is 0.814. The monoisotopic (exact) mass is 263 g/mol. The number of nitrogens with one attached hydrogen (secondary N) is 1. The molecule has 2 atom stereocenters. The van der Waals surface area contributed by atoms with E-state index in [1.807, 2.05) is 31.2 Å². The van der Waals surface area contributed by atoms with Crippen LogP contribution in [0.3, 0.4) is 0 Å². The van der Waals surface area contributed by atoms with Crippen molar-refractivity contribution in [3.05, 3.63) is 29.8 Å². The van der Waals surface area contributed by atoms with Gasteiger partial charge in [-0.3, -0.25) is 9.59 Å². The highest BCUT2D eigenvalue weighted by Gasteiger charge is 2.48. The molecule has 0 saturated heterocycles. The van der Waals surface area contributed by atoms with E-state index >= 15 is 0 Å². The topological polar surface area (TPSA) is 75.6 Å². The van der Waals surface area contributed by atoms with E-state index in [1.54, 1.807) is 0 Å². The van der Waals surface area contributed by atoms with E-state index in [0.29, 0.717) is 19.6 Å². The van der Waals surface area contributed by atoms with Crippen LogP contribution in [0.5, 0.6) is 5.75 Å². The van der Waals surface area contributed by atoms with Gasteiger partial charge in [-0.25, -0.2) is 0 Å². The minimum Gasteiger partial charge on any atom is -0.494 e. The summed E-state index contributed by atoms with van der Waals surface area (Å²) in [4.78, 5) is 22.3. The summed E-state index contributed by atoms with van der Waals surface area (Å²) in [5.74, 6) is -1.13. The molecule has 5 heteroatoms. The fourth-order valence-corrected chi connectivity index (χ4v) is 1.95. The van der Waals surface area contributed by atoms with Gasteiger partial charge in [0.25, 0.3) is 0 Å². The highest BCUT2D eigenvalue weighted by Crippen LogP contribution is 2.38. The molecule has 2 rings (SSSR count). The molecule has 1 amide bonds. The molecule has 0 bridgehead atoms. The molecule has 1 aliphatic carbocycles. The normalized spacial score (nSPS) is 20.7. The predicted molar refractivity (Wildman–Crippen MR) is 68.7 cm³/mol. The van der Waals surface area contributed by atoms with Gasteiger partial charge < -0.3 is 15.2 Å². The zero-order valence-electron chi connectivity index (χ0n) is 10.8. The molecular weight excluding hydrogens is 246 g/mol. The summed E-state index contributed by atoms with van der Waals surface area (Å²) in [5, 5.41) is 11.5. The standard InChI is InChI=1S/C14H17NO4/c1-2-19-10-5-3-9(4-6-10)8-15-13(16)11-7-12(11)14(17)18/h3-6,11-12H,2,7-8H2,1H3,(H,15,16)(H,17,18). The van der Waals surface area contributed by atoms with Gasteiger partial charge >= 0.3 is 5.97 Å². The molecule has 2 unspecified atom stereocenters. The number of aliphatic carboxylic acids is 1. The van der Waals surface area contributed by atoms with Crippen molar-refractivity contribution < 1.29 is 19.4 Å². The lowest BCUT2D eigenvalue weighted by molar-refractivity contribution is -0.140. The maximum absolute atomic E-state index is 11.7. The minimum absolute atomic E-state index is 0.179. The number of carboxylic acid groups (broad SMARTS) is 1. The number of amides is 1. The van der Waals surface area contributed by atoms with E-state index in [-0.39, 0.29) is 11.8 Å². The Morgan fingerprint density at radius 2 is 2.00 bits per heavy atom. The zero-order chi connectivity index (χ0) is 13.8. The molecule has 1 aromatic rings. The van der Waals surface area contributed by atoms with E-state index in [4.69, 9.17) is 9.84 Å². The molecular formula is C14H17NO4. The Morgan fingerprint density at radius 3 is 2.53 bits per heavy atom. The SMILES string of the molecule is CCOc1ccc(CNC(=O)C2CC2C(=O)O)cc1. The molecule has 19 heavy (non-hydrogen) atoms. The molecule has 0 heterocycles. The Balaban J connectivity index is 1.79. The largest absolute Gasteiger partial charge is 0.494 e. The summed E-state index contributed by atoms with van der Waals surface area (Å²) in [5.41, 5.74) is 0.962. The molecule has 0 aromatic heterocycles. The second-order valence-electron chi connectivity index (χ2n) is 4.58. The van der Waals surface area contributed by atoms with E-state index in [1.165, 1.54) is 0 Å². The summed E-state index contributed by atoms with van der Waals surface area (Å²) in [7, 11) is 0. The first-order valence-corrected chi connectivity index (χ1v) is 6.34. The smallest absolute Gasteiger partial charge is 0.307 e. The first kappa shape index (κ1) is 13.4. The van der Waals surface area contributed by atoms with Crippen molar-refractivity contribution >= 4 is 11.9 Å². The van der Waals surface area contributed by atoms with Crippen LogP contribution in [-0.2, 0) is 16.1 Å². The molecule has 102 valence electrons. The number of benzene rings is 1. The van der Waals surface area contributed by atoms with Crippen molar-refractivity contribution in [2.45, 2.75) is 19.9 Å². The Bertz CT molecular complexity index is 469.